The molecular weight excluding hydrogens is 848 g/mol. The van der Waals surface area contributed by atoms with Gasteiger partial charge in [0.05, 0.1) is 11.0 Å². The number of Topliss-reactive ketones (excluding diaryl/α,β-unsaturated/α-hetero) is 2. The maximum Gasteiger partial charge on any atom is 0.300 e. The molecule has 7 rings (SSSR count). The SMILES string of the molecule is Brc1ccc2c3ccc(Br)cc3c3nccnc3c2c1.CC(=O)O.NCCN.O=C1C(=O)c2cc(Br)ccc2-c2ccc(Br)cc21. The summed E-state index contributed by atoms with van der Waals surface area (Å²) in [4.78, 5) is 42.2. The van der Waals surface area contributed by atoms with Gasteiger partial charge in [0.2, 0.25) is 11.6 Å². The van der Waals surface area contributed by atoms with Crippen molar-refractivity contribution in [1.82, 2.24) is 9.97 Å². The fourth-order valence-electron chi connectivity index (χ4n) is 4.75. The minimum atomic E-state index is -0.833. The summed E-state index contributed by atoms with van der Waals surface area (Å²) in [6.45, 7) is 2.28. The van der Waals surface area contributed by atoms with Crippen LogP contribution in [0.25, 0.3) is 43.7 Å². The number of rotatable bonds is 1. The molecular formula is C34H26Br4N4O4. The minimum Gasteiger partial charge on any atom is -0.481 e. The summed E-state index contributed by atoms with van der Waals surface area (Å²) in [6.07, 6.45) is 3.49. The number of aliphatic carboxylic acids is 1. The van der Waals surface area contributed by atoms with Gasteiger partial charge in [-0.3, -0.25) is 24.4 Å². The van der Waals surface area contributed by atoms with E-state index in [1.807, 2.05) is 24.3 Å². The fourth-order valence-corrected chi connectivity index (χ4v) is 6.19. The second-order valence-electron chi connectivity index (χ2n) is 9.77. The maximum atomic E-state index is 12.1. The normalized spacial score (nSPS) is 11.4. The predicted molar refractivity (Wildman–Crippen MR) is 197 cm³/mol. The number of hydrogen-bond acceptors (Lipinski definition) is 7. The van der Waals surface area contributed by atoms with Crippen molar-refractivity contribution in [3.63, 3.8) is 0 Å². The van der Waals surface area contributed by atoms with Gasteiger partial charge in [0, 0.05) is 72.2 Å². The van der Waals surface area contributed by atoms with Gasteiger partial charge in [-0.05, 0) is 70.4 Å². The highest BCUT2D eigenvalue weighted by Crippen LogP contribution is 2.37. The number of carboxylic acids is 1. The first-order valence-electron chi connectivity index (χ1n) is 13.7. The standard InChI is InChI=1S/C16H8Br2N2.C14H6Br2O2.C2H8N2.C2H4O2/c17-9-1-3-11-12-4-2-10(18)8-14(12)16-15(13(11)7-9)19-5-6-20-16;15-7-1-3-9-10-4-2-8(16)6-12(10)14(18)13(17)11(9)5-7;3-1-2-4;1-2(3)4/h1-8H;1-6H;1-4H2;1H3,(H,3,4). The first-order valence-corrected chi connectivity index (χ1v) is 16.8. The van der Waals surface area contributed by atoms with Gasteiger partial charge < -0.3 is 16.6 Å². The number of carbonyl (C=O) groups is 3. The van der Waals surface area contributed by atoms with E-state index in [0.717, 1.165) is 57.7 Å². The molecule has 1 aliphatic carbocycles. The van der Waals surface area contributed by atoms with Gasteiger partial charge in [-0.15, -0.1) is 0 Å². The molecule has 0 unspecified atom stereocenters. The van der Waals surface area contributed by atoms with E-state index in [4.69, 9.17) is 21.4 Å². The third-order valence-corrected chi connectivity index (χ3v) is 8.55. The molecule has 5 N–H and O–H groups in total. The molecule has 0 fully saturated rings. The van der Waals surface area contributed by atoms with E-state index in [1.54, 1.807) is 24.5 Å². The molecule has 1 aliphatic rings. The molecule has 234 valence electrons. The number of halogens is 4. The van der Waals surface area contributed by atoms with E-state index in [9.17, 15) is 9.59 Å². The third kappa shape index (κ3) is 8.11. The van der Waals surface area contributed by atoms with E-state index < -0.39 is 17.5 Å². The van der Waals surface area contributed by atoms with Gasteiger partial charge in [-0.2, -0.15) is 0 Å². The van der Waals surface area contributed by atoms with Crippen LogP contribution in [-0.4, -0.2) is 45.7 Å². The van der Waals surface area contributed by atoms with E-state index in [-0.39, 0.29) is 0 Å². The van der Waals surface area contributed by atoms with Crippen LogP contribution < -0.4 is 11.5 Å². The number of hydrogen-bond donors (Lipinski definition) is 3. The van der Waals surface area contributed by atoms with Crippen LogP contribution in [0.2, 0.25) is 0 Å². The van der Waals surface area contributed by atoms with Crippen LogP contribution in [0, 0.1) is 0 Å². The van der Waals surface area contributed by atoms with Crippen LogP contribution in [0.1, 0.15) is 27.6 Å². The number of aromatic nitrogens is 2. The lowest BCUT2D eigenvalue weighted by Gasteiger charge is -2.18. The molecule has 0 aliphatic heterocycles. The lowest BCUT2D eigenvalue weighted by Crippen LogP contribution is -2.21. The van der Waals surface area contributed by atoms with Crippen molar-refractivity contribution in [2.75, 3.05) is 13.1 Å². The summed E-state index contributed by atoms with van der Waals surface area (Å²) in [5.41, 5.74) is 14.2. The summed E-state index contributed by atoms with van der Waals surface area (Å²) in [5.74, 6) is -1.73. The summed E-state index contributed by atoms with van der Waals surface area (Å²) >= 11 is 13.7. The summed E-state index contributed by atoms with van der Waals surface area (Å²) in [5, 5.41) is 12.1. The van der Waals surface area contributed by atoms with E-state index in [1.165, 1.54) is 10.8 Å². The zero-order valence-corrected chi connectivity index (χ0v) is 30.6. The Labute approximate surface area is 298 Å². The first-order chi connectivity index (χ1) is 22.0. The second-order valence-corrected chi connectivity index (χ2v) is 13.4. The van der Waals surface area contributed by atoms with Crippen LogP contribution in [-0.2, 0) is 4.79 Å². The van der Waals surface area contributed by atoms with Crippen molar-refractivity contribution in [2.45, 2.75) is 6.92 Å². The molecule has 1 heterocycles. The summed E-state index contributed by atoms with van der Waals surface area (Å²) in [7, 11) is 0. The number of nitrogens with zero attached hydrogens (tertiary/aromatic N) is 2. The van der Waals surface area contributed by atoms with Crippen LogP contribution in [0.5, 0.6) is 0 Å². The summed E-state index contributed by atoms with van der Waals surface area (Å²) < 4.78 is 3.69. The highest BCUT2D eigenvalue weighted by atomic mass is 79.9. The lowest BCUT2D eigenvalue weighted by atomic mass is 9.84. The maximum absolute atomic E-state index is 12.1. The highest BCUT2D eigenvalue weighted by molar-refractivity contribution is 9.11. The number of carbonyl (C=O) groups excluding carboxylic acids is 2. The highest BCUT2D eigenvalue weighted by Gasteiger charge is 2.30. The summed E-state index contributed by atoms with van der Waals surface area (Å²) in [6, 6.07) is 23.4. The van der Waals surface area contributed by atoms with Crippen LogP contribution in [0.4, 0.5) is 0 Å². The number of benzene rings is 5. The van der Waals surface area contributed by atoms with Crippen LogP contribution >= 0.6 is 63.7 Å². The third-order valence-electron chi connectivity index (χ3n) is 6.58. The van der Waals surface area contributed by atoms with Gasteiger partial charge in [-0.25, -0.2) is 0 Å². The van der Waals surface area contributed by atoms with Gasteiger partial charge >= 0.3 is 0 Å². The molecule has 8 nitrogen and oxygen atoms in total. The zero-order chi connectivity index (χ0) is 33.5. The second kappa shape index (κ2) is 15.9. The molecule has 0 saturated carbocycles. The number of nitrogens with two attached hydrogens (primary N) is 2. The Morgan fingerprint density at radius 2 is 0.913 bits per heavy atom. The molecule has 0 bridgehead atoms. The Morgan fingerprint density at radius 1 is 0.587 bits per heavy atom. The molecule has 0 radical (unpaired) electrons. The Hall–Kier alpha value is -3.39. The number of ketones is 2. The Kier molecular flexibility index (Phi) is 12.3. The fraction of sp³-hybridized carbons (Fsp3) is 0.0882. The minimum absolute atomic E-state index is 0.447. The Bertz CT molecular complexity index is 1950. The predicted octanol–water partition coefficient (Wildman–Crippen LogP) is 8.71. The largest absolute Gasteiger partial charge is 0.481 e. The van der Waals surface area contributed by atoms with E-state index in [0.29, 0.717) is 24.2 Å². The van der Waals surface area contributed by atoms with Gasteiger partial charge in [0.1, 0.15) is 0 Å². The van der Waals surface area contributed by atoms with Crippen LogP contribution in [0.3, 0.4) is 0 Å². The monoisotopic (exact) mass is 870 g/mol. The number of fused-ring (bicyclic) bond motifs is 9. The topological polar surface area (TPSA) is 149 Å². The van der Waals surface area contributed by atoms with E-state index >= 15 is 0 Å². The molecule has 5 aromatic carbocycles. The van der Waals surface area contributed by atoms with Crippen LogP contribution in [0.15, 0.2) is 103 Å². The van der Waals surface area contributed by atoms with Crippen molar-refractivity contribution in [3.8, 4) is 11.1 Å². The molecule has 1 aromatic heterocycles. The molecule has 0 atom stereocenters. The smallest absolute Gasteiger partial charge is 0.300 e. The van der Waals surface area contributed by atoms with Crippen molar-refractivity contribution >= 4 is 114 Å². The average molecular weight is 874 g/mol. The van der Waals surface area contributed by atoms with Crippen molar-refractivity contribution < 1.29 is 19.5 Å². The Morgan fingerprint density at radius 3 is 1.26 bits per heavy atom. The average Bonchev–Trinajstić information content (AvgIpc) is 3.04. The zero-order valence-electron chi connectivity index (χ0n) is 24.2. The van der Waals surface area contributed by atoms with E-state index in [2.05, 4.69) is 110 Å². The molecule has 0 spiro atoms. The van der Waals surface area contributed by atoms with Gasteiger partial charge in [0.15, 0.2) is 0 Å². The molecule has 12 heteroatoms. The van der Waals surface area contributed by atoms with Crippen molar-refractivity contribution in [3.05, 3.63) is 114 Å². The molecule has 6 aromatic rings. The molecule has 46 heavy (non-hydrogen) atoms. The quantitative estimate of drug-likeness (QED) is 0.110. The molecule has 0 saturated heterocycles. The van der Waals surface area contributed by atoms with Gasteiger partial charge in [-0.1, -0.05) is 88.0 Å². The van der Waals surface area contributed by atoms with Gasteiger partial charge in [0.25, 0.3) is 5.97 Å². The number of carboxylic acid groups (broad SMARTS) is 1. The Balaban J connectivity index is 0.000000171. The van der Waals surface area contributed by atoms with Crippen molar-refractivity contribution in [1.29, 1.82) is 0 Å². The van der Waals surface area contributed by atoms with Crippen molar-refractivity contribution in [2.24, 2.45) is 11.5 Å². The molecule has 0 amide bonds. The lowest BCUT2D eigenvalue weighted by molar-refractivity contribution is -0.134. The first kappa shape index (κ1) is 35.5.